The van der Waals surface area contributed by atoms with Gasteiger partial charge >= 0.3 is 0 Å². The number of hydrogen-bond acceptors (Lipinski definition) is 0. The third kappa shape index (κ3) is 411. The van der Waals surface area contributed by atoms with Gasteiger partial charge < -0.3 is 41.0 Å². The second-order valence-corrected chi connectivity index (χ2v) is 1.63. The molecule has 6 radical (unpaired) electrons. The van der Waals surface area contributed by atoms with Crippen molar-refractivity contribution in [2.75, 3.05) is 0 Å². The average Bonchev–Trinajstić information content (AvgIpc) is 2.36. The number of unbranched alkanes of at least 4 members (excludes halogenated alkanes) is 2. The summed E-state index contributed by atoms with van der Waals surface area (Å²) in [7, 11) is 0. The van der Waals surface area contributed by atoms with Gasteiger partial charge in [-0.2, -0.15) is 47.5 Å². The molecule has 0 aromatic carbocycles. The summed E-state index contributed by atoms with van der Waals surface area (Å²) in [4.78, 5) is 0. The van der Waals surface area contributed by atoms with Crippen LogP contribution in [0.1, 0.15) is 106 Å². The molecule has 0 atom stereocenters. The van der Waals surface area contributed by atoms with Gasteiger partial charge in [0.25, 0.3) is 0 Å². The zero-order valence-corrected chi connectivity index (χ0v) is 33.2. The summed E-state index contributed by atoms with van der Waals surface area (Å²) in [6, 6.07) is 0. The molecule has 0 rings (SSSR count). The molecule has 0 nitrogen and oxygen atoms in total. The molecular formula is C21H60Y6-6. The zero-order chi connectivity index (χ0) is 12.8. The van der Waals surface area contributed by atoms with E-state index in [2.05, 4.69) is 61.3 Å². The molecule has 0 aliphatic carbocycles. The number of rotatable bonds is 2. The molecule has 0 aromatic heterocycles. The van der Waals surface area contributed by atoms with Gasteiger partial charge in [0.1, 0.15) is 0 Å². The van der Waals surface area contributed by atoms with Crippen molar-refractivity contribution >= 4 is 0 Å². The Balaban J connectivity index is -0.00000000214. The Kier molecular flexibility index (Phi) is 1570. The van der Waals surface area contributed by atoms with Gasteiger partial charge in [0.15, 0.2) is 0 Å². The smallest absolute Gasteiger partial charge is 0 e. The van der Waals surface area contributed by atoms with Crippen molar-refractivity contribution < 1.29 is 196 Å². The summed E-state index contributed by atoms with van der Waals surface area (Å²) in [5.41, 5.74) is 0. The van der Waals surface area contributed by atoms with Crippen molar-refractivity contribution in [3.05, 3.63) is 41.0 Å². The van der Waals surface area contributed by atoms with Gasteiger partial charge in [0.2, 0.25) is 0 Å². The largest absolute Gasteiger partial charge is 0.358 e. The van der Waals surface area contributed by atoms with E-state index in [1.54, 1.807) is 20.8 Å². The molecule has 0 bridgehead atoms. The van der Waals surface area contributed by atoms with Crippen molar-refractivity contribution in [1.82, 2.24) is 0 Å². The Morgan fingerprint density at radius 2 is 0.481 bits per heavy atom. The molecule has 168 valence electrons. The Bertz CT molecular complexity index is 28.6. The molecule has 0 saturated heterocycles. The van der Waals surface area contributed by atoms with Crippen LogP contribution in [0.5, 0.6) is 0 Å². The fraction of sp³-hybridized carbons (Fsp3) is 0.714. The molecule has 0 spiro atoms. The van der Waals surface area contributed by atoms with Crippen LogP contribution in [0, 0.1) is 41.0 Å². The Morgan fingerprint density at radius 3 is 0.481 bits per heavy atom. The predicted octanol–water partition coefficient (Wildman–Crippen LogP) is 10.0. The minimum Gasteiger partial charge on any atom is -0.358 e. The third-order valence-corrected chi connectivity index (χ3v) is 0.816. The summed E-state index contributed by atoms with van der Waals surface area (Å²) in [5, 5.41) is 0. The maximum absolute atomic E-state index is 3.25. The van der Waals surface area contributed by atoms with Gasteiger partial charge in [-0.05, 0) is 0 Å². The van der Waals surface area contributed by atoms with Crippen LogP contribution in [0.2, 0.25) is 0 Å². The molecule has 27 heavy (non-hydrogen) atoms. The average molecular weight is 846 g/mol. The van der Waals surface area contributed by atoms with Crippen molar-refractivity contribution in [2.45, 2.75) is 106 Å². The summed E-state index contributed by atoms with van der Waals surface area (Å²) in [6.45, 7) is 23.4. The molecule has 0 N–H and O–H groups in total. The predicted molar refractivity (Wildman–Crippen MR) is 120 cm³/mol. The van der Waals surface area contributed by atoms with E-state index in [0.717, 1.165) is 0 Å². The fourth-order valence-electron chi connectivity index (χ4n) is 0. The first kappa shape index (κ1) is 147. The van der Waals surface area contributed by atoms with Gasteiger partial charge in [-0.15, -0.1) is 0 Å². The number of hydrogen-bond donors (Lipinski definition) is 0. The fourth-order valence-corrected chi connectivity index (χ4v) is 0. The molecule has 0 amide bonds. The van der Waals surface area contributed by atoms with E-state index in [1.165, 1.54) is 12.8 Å². The van der Waals surface area contributed by atoms with E-state index in [1.807, 2.05) is 0 Å². The first-order chi connectivity index (χ1) is 6.83. The molecule has 6 heteroatoms. The topological polar surface area (TPSA) is 0 Å². The maximum atomic E-state index is 3.25. The monoisotopic (exact) mass is 846 g/mol. The van der Waals surface area contributed by atoms with Crippen LogP contribution in [-0.2, 0) is 196 Å². The molecule has 0 aliphatic rings. The normalized spacial score (nSPS) is 2.89. The zero-order valence-electron chi connectivity index (χ0n) is 16.2. The second kappa shape index (κ2) is 289. The Hall–Kier alpha value is 6.62. The van der Waals surface area contributed by atoms with Crippen LogP contribution < -0.4 is 0 Å². The van der Waals surface area contributed by atoms with E-state index < -0.39 is 0 Å². The van der Waals surface area contributed by atoms with Gasteiger partial charge in [-0.25, -0.2) is 0 Å². The minimum absolute atomic E-state index is 0. The van der Waals surface area contributed by atoms with Crippen LogP contribution in [0.3, 0.4) is 0 Å². The van der Waals surface area contributed by atoms with Gasteiger partial charge in [0, 0.05) is 196 Å². The molecule has 0 fully saturated rings. The van der Waals surface area contributed by atoms with Crippen LogP contribution in [0.15, 0.2) is 0 Å². The van der Waals surface area contributed by atoms with E-state index in [0.29, 0.717) is 0 Å². The molecule has 0 saturated carbocycles. The quantitative estimate of drug-likeness (QED) is 0.243. The minimum atomic E-state index is 0. The Morgan fingerprint density at radius 1 is 0.444 bits per heavy atom. The first-order valence-electron chi connectivity index (χ1n) is 5.51. The maximum Gasteiger partial charge on any atom is 0 e. The molecule has 0 aromatic rings. The van der Waals surface area contributed by atoms with Crippen molar-refractivity contribution in [2.24, 2.45) is 0 Å². The van der Waals surface area contributed by atoms with E-state index in [-0.39, 0.29) is 248 Å². The van der Waals surface area contributed by atoms with E-state index in [9.17, 15) is 0 Å². The molecule has 0 aliphatic heterocycles. The third-order valence-electron chi connectivity index (χ3n) is 0.816. The Labute approximate surface area is 335 Å². The first-order valence-corrected chi connectivity index (χ1v) is 5.51. The van der Waals surface area contributed by atoms with Crippen LogP contribution >= 0.6 is 0 Å². The summed E-state index contributed by atoms with van der Waals surface area (Å²) in [6.07, 6.45) is 6.64. The standard InChI is InChI=1S/2C4H9.3C2H5.6CH4.CH3.6Y/c2*1-3-4-2;3*1-2;;;;;;;;;;;;;/h2*3H,4H2,1-2H3;3*1H2,2H3;6*1H4;1H3;;;;;;/q5*-1;;;;;;;-1;;;;;;. The summed E-state index contributed by atoms with van der Waals surface area (Å²) in [5.74, 6) is 0. The molecular weight excluding hydrogens is 786 g/mol. The SMILES string of the molecule is C.C.C.C.C.C.C[CH-]CC.C[CH-]CC.[CH2-]C.[CH2-]C.[CH2-]C.[CH3-].[Y].[Y].[Y].[Y].[Y].[Y]. The van der Waals surface area contributed by atoms with Crippen LogP contribution in [0.25, 0.3) is 0 Å². The molecule has 0 unspecified atom stereocenters. The van der Waals surface area contributed by atoms with Gasteiger partial charge in [-0.1, -0.05) is 58.4 Å². The van der Waals surface area contributed by atoms with Crippen molar-refractivity contribution in [3.63, 3.8) is 0 Å². The van der Waals surface area contributed by atoms with E-state index in [4.69, 9.17) is 0 Å². The molecule has 0 heterocycles. The van der Waals surface area contributed by atoms with Gasteiger partial charge in [-0.3, -0.25) is 0 Å². The van der Waals surface area contributed by atoms with Crippen molar-refractivity contribution in [1.29, 1.82) is 0 Å². The van der Waals surface area contributed by atoms with Crippen LogP contribution in [-0.4, -0.2) is 0 Å². The summed E-state index contributed by atoms with van der Waals surface area (Å²) >= 11 is 0. The van der Waals surface area contributed by atoms with Crippen molar-refractivity contribution in [3.8, 4) is 0 Å². The van der Waals surface area contributed by atoms with Crippen LogP contribution in [0.4, 0.5) is 0 Å². The van der Waals surface area contributed by atoms with E-state index >= 15 is 0 Å². The van der Waals surface area contributed by atoms with Gasteiger partial charge in [0.05, 0.1) is 0 Å². The summed E-state index contributed by atoms with van der Waals surface area (Å²) < 4.78 is 0. The second-order valence-electron chi connectivity index (χ2n) is 1.63.